The highest BCUT2D eigenvalue weighted by atomic mass is 16.5. The third-order valence-corrected chi connectivity index (χ3v) is 3.39. The Kier molecular flexibility index (Phi) is 4.76. The Bertz CT molecular complexity index is 419. The molecule has 0 amide bonds. The van der Waals surface area contributed by atoms with Crippen molar-refractivity contribution < 1.29 is 9.53 Å². The number of nitrogens with zero attached hydrogens (tertiary/aromatic N) is 4. The minimum atomic E-state index is -0.192. The molecule has 2 heterocycles. The average molecular weight is 266 g/mol. The van der Waals surface area contributed by atoms with E-state index in [0.29, 0.717) is 6.61 Å². The topological polar surface area (TPSA) is 60.2 Å². The van der Waals surface area contributed by atoms with Gasteiger partial charge in [0, 0.05) is 13.1 Å². The first kappa shape index (κ1) is 13.8. The summed E-state index contributed by atoms with van der Waals surface area (Å²) >= 11 is 0. The fraction of sp³-hybridized carbons (Fsp3) is 0.769. The van der Waals surface area contributed by atoms with Gasteiger partial charge in [0.25, 0.3) is 0 Å². The molecule has 19 heavy (non-hydrogen) atoms. The number of aromatic nitrogens is 3. The number of piperidine rings is 1. The molecule has 106 valence electrons. The van der Waals surface area contributed by atoms with Crippen LogP contribution in [0.15, 0.2) is 6.20 Å². The molecule has 0 aromatic carbocycles. The van der Waals surface area contributed by atoms with E-state index in [4.69, 9.17) is 4.74 Å². The summed E-state index contributed by atoms with van der Waals surface area (Å²) in [6.07, 6.45) is 5.74. The highest BCUT2D eigenvalue weighted by molar-refractivity contribution is 5.79. The number of carbonyl (C=O) groups excluding carboxylic acids is 1. The molecular formula is C13H22N4O2. The average Bonchev–Trinajstić information content (AvgIpc) is 2.87. The van der Waals surface area contributed by atoms with Gasteiger partial charge in [0.2, 0.25) is 0 Å². The largest absolute Gasteiger partial charge is 0.464 e. The van der Waals surface area contributed by atoms with Gasteiger partial charge in [-0.1, -0.05) is 12.1 Å². The molecule has 0 bridgehead atoms. The number of ether oxygens (including phenoxy) is 1. The second-order valence-electron chi connectivity index (χ2n) is 4.77. The first-order chi connectivity index (χ1) is 9.27. The maximum absolute atomic E-state index is 12.1. The second-order valence-corrected chi connectivity index (χ2v) is 4.77. The molecule has 0 aliphatic carbocycles. The van der Waals surface area contributed by atoms with Crippen LogP contribution in [-0.4, -0.2) is 40.2 Å². The van der Waals surface area contributed by atoms with Gasteiger partial charge in [-0.05, 0) is 32.6 Å². The smallest absolute Gasteiger partial charge is 0.328 e. The van der Waals surface area contributed by atoms with Crippen molar-refractivity contribution in [3.63, 3.8) is 0 Å². The molecule has 1 aliphatic rings. The van der Waals surface area contributed by atoms with Crippen LogP contribution in [-0.2, 0) is 16.1 Å². The molecule has 1 aliphatic heterocycles. The van der Waals surface area contributed by atoms with Crippen molar-refractivity contribution in [3.05, 3.63) is 6.20 Å². The van der Waals surface area contributed by atoms with E-state index in [2.05, 4.69) is 22.1 Å². The predicted molar refractivity (Wildman–Crippen MR) is 71.9 cm³/mol. The summed E-state index contributed by atoms with van der Waals surface area (Å²) in [4.78, 5) is 14.2. The maximum atomic E-state index is 12.1. The number of carbonyl (C=O) groups is 1. The SMILES string of the molecule is CCCn1nncc1N1CCCCC1C(=O)OCC. The van der Waals surface area contributed by atoms with Gasteiger partial charge in [0.05, 0.1) is 12.8 Å². The van der Waals surface area contributed by atoms with Gasteiger partial charge < -0.3 is 9.64 Å². The third kappa shape index (κ3) is 3.05. The van der Waals surface area contributed by atoms with E-state index in [-0.39, 0.29) is 12.0 Å². The molecule has 0 saturated carbocycles. The van der Waals surface area contributed by atoms with Crippen LogP contribution in [0.4, 0.5) is 5.82 Å². The molecule has 0 spiro atoms. The predicted octanol–water partition coefficient (Wildman–Crippen LogP) is 1.61. The highest BCUT2D eigenvalue weighted by Gasteiger charge is 2.31. The van der Waals surface area contributed by atoms with Crippen molar-refractivity contribution in [3.8, 4) is 0 Å². The molecule has 1 aromatic heterocycles. The van der Waals surface area contributed by atoms with E-state index >= 15 is 0 Å². The molecule has 1 saturated heterocycles. The normalized spacial score (nSPS) is 19.5. The number of aryl methyl sites for hydroxylation is 1. The minimum Gasteiger partial charge on any atom is -0.464 e. The summed E-state index contributed by atoms with van der Waals surface area (Å²) < 4.78 is 7.05. The fourth-order valence-electron chi connectivity index (χ4n) is 2.54. The van der Waals surface area contributed by atoms with Crippen molar-refractivity contribution in [2.75, 3.05) is 18.1 Å². The summed E-state index contributed by atoms with van der Waals surface area (Å²) in [6.45, 7) is 6.05. The van der Waals surface area contributed by atoms with E-state index < -0.39 is 0 Å². The number of hydrogen-bond donors (Lipinski definition) is 0. The van der Waals surface area contributed by atoms with Crippen LogP contribution in [0.1, 0.15) is 39.5 Å². The van der Waals surface area contributed by atoms with Crippen molar-refractivity contribution in [2.24, 2.45) is 0 Å². The van der Waals surface area contributed by atoms with Crippen LogP contribution in [0.2, 0.25) is 0 Å². The molecule has 1 atom stereocenters. The number of esters is 1. The number of hydrogen-bond acceptors (Lipinski definition) is 5. The zero-order valence-electron chi connectivity index (χ0n) is 11.7. The molecule has 0 N–H and O–H groups in total. The van der Waals surface area contributed by atoms with Crippen molar-refractivity contribution >= 4 is 11.8 Å². The Balaban J connectivity index is 2.18. The lowest BCUT2D eigenvalue weighted by Gasteiger charge is -2.35. The van der Waals surface area contributed by atoms with Gasteiger partial charge >= 0.3 is 5.97 Å². The summed E-state index contributed by atoms with van der Waals surface area (Å²) in [5.41, 5.74) is 0. The summed E-state index contributed by atoms with van der Waals surface area (Å²) in [5.74, 6) is 0.797. The zero-order chi connectivity index (χ0) is 13.7. The number of rotatable bonds is 5. The molecular weight excluding hydrogens is 244 g/mol. The van der Waals surface area contributed by atoms with Crippen LogP contribution in [0, 0.1) is 0 Å². The fourth-order valence-corrected chi connectivity index (χ4v) is 2.54. The minimum absolute atomic E-state index is 0.133. The Morgan fingerprint density at radius 3 is 3.05 bits per heavy atom. The quantitative estimate of drug-likeness (QED) is 0.758. The first-order valence-corrected chi connectivity index (χ1v) is 7.09. The third-order valence-electron chi connectivity index (χ3n) is 3.39. The van der Waals surface area contributed by atoms with Gasteiger partial charge in [-0.3, -0.25) is 0 Å². The Morgan fingerprint density at radius 2 is 2.32 bits per heavy atom. The standard InChI is InChI=1S/C13H22N4O2/c1-3-8-17-12(10-14-15-17)16-9-6-5-7-11(16)13(18)19-4-2/h10-11H,3-9H2,1-2H3. The lowest BCUT2D eigenvalue weighted by molar-refractivity contribution is -0.145. The maximum Gasteiger partial charge on any atom is 0.328 e. The van der Waals surface area contributed by atoms with E-state index in [1.54, 1.807) is 6.20 Å². The van der Waals surface area contributed by atoms with Gasteiger partial charge in [-0.25, -0.2) is 9.48 Å². The Morgan fingerprint density at radius 1 is 1.47 bits per heavy atom. The van der Waals surface area contributed by atoms with Crippen LogP contribution in [0.25, 0.3) is 0 Å². The first-order valence-electron chi connectivity index (χ1n) is 7.09. The zero-order valence-corrected chi connectivity index (χ0v) is 11.7. The van der Waals surface area contributed by atoms with Gasteiger partial charge in [0.15, 0.2) is 0 Å². The molecule has 0 radical (unpaired) electrons. The van der Waals surface area contributed by atoms with E-state index in [9.17, 15) is 4.79 Å². The number of anilines is 1. The van der Waals surface area contributed by atoms with Crippen LogP contribution in [0.5, 0.6) is 0 Å². The molecule has 2 rings (SSSR count). The lowest BCUT2D eigenvalue weighted by atomic mass is 10.0. The summed E-state index contributed by atoms with van der Waals surface area (Å²) in [5, 5.41) is 8.07. The van der Waals surface area contributed by atoms with E-state index in [1.807, 2.05) is 11.6 Å². The van der Waals surface area contributed by atoms with Crippen molar-refractivity contribution in [2.45, 2.75) is 52.1 Å². The monoisotopic (exact) mass is 266 g/mol. The van der Waals surface area contributed by atoms with Gasteiger partial charge in [0.1, 0.15) is 11.9 Å². The van der Waals surface area contributed by atoms with E-state index in [1.165, 1.54) is 0 Å². The summed E-state index contributed by atoms with van der Waals surface area (Å²) in [7, 11) is 0. The van der Waals surface area contributed by atoms with Crippen molar-refractivity contribution in [1.29, 1.82) is 0 Å². The molecule has 1 unspecified atom stereocenters. The molecule has 1 aromatic rings. The highest BCUT2D eigenvalue weighted by Crippen LogP contribution is 2.25. The van der Waals surface area contributed by atoms with E-state index in [0.717, 1.165) is 44.6 Å². The molecule has 6 nitrogen and oxygen atoms in total. The van der Waals surface area contributed by atoms with Crippen molar-refractivity contribution in [1.82, 2.24) is 15.0 Å². The van der Waals surface area contributed by atoms with Gasteiger partial charge in [-0.15, -0.1) is 5.10 Å². The van der Waals surface area contributed by atoms with Crippen LogP contribution < -0.4 is 4.90 Å². The summed E-state index contributed by atoms with van der Waals surface area (Å²) in [6, 6.07) is -0.192. The van der Waals surface area contributed by atoms with Gasteiger partial charge in [-0.2, -0.15) is 0 Å². The van der Waals surface area contributed by atoms with Crippen LogP contribution in [0.3, 0.4) is 0 Å². The lowest BCUT2D eigenvalue weighted by Crippen LogP contribution is -2.46. The molecule has 6 heteroatoms. The molecule has 1 fully saturated rings. The Hall–Kier alpha value is -1.59. The Labute approximate surface area is 113 Å². The van der Waals surface area contributed by atoms with Crippen LogP contribution >= 0.6 is 0 Å². The second kappa shape index (κ2) is 6.54.